The van der Waals surface area contributed by atoms with Crippen LogP contribution in [0.3, 0.4) is 0 Å². The van der Waals surface area contributed by atoms with Crippen molar-refractivity contribution < 1.29 is 35.1 Å². The Bertz CT molecular complexity index is 540. The molecular weight excluding hydrogens is 320 g/mol. The van der Waals surface area contributed by atoms with Crippen molar-refractivity contribution in [3.63, 3.8) is 0 Å². The topological polar surface area (TPSA) is 173 Å². The van der Waals surface area contributed by atoms with E-state index in [9.17, 15) is 24.9 Å². The van der Waals surface area contributed by atoms with Crippen LogP contribution in [0.15, 0.2) is 30.3 Å². The smallest absolute Gasteiger partial charge is 0.305 e. The fourth-order valence-electron chi connectivity index (χ4n) is 2.07. The van der Waals surface area contributed by atoms with Crippen LogP contribution in [0.25, 0.3) is 0 Å². The molecule has 0 aliphatic heterocycles. The summed E-state index contributed by atoms with van der Waals surface area (Å²) in [5.74, 6) is -2.23. The summed E-state index contributed by atoms with van der Waals surface area (Å²) >= 11 is 0. The van der Waals surface area contributed by atoms with Gasteiger partial charge in [-0.1, -0.05) is 30.3 Å². The molecule has 0 aliphatic rings. The van der Waals surface area contributed by atoms with Gasteiger partial charge in [0.1, 0.15) is 12.2 Å². The Hall–Kier alpha value is -2.04. The number of nitrogens with two attached hydrogens (primary N) is 1. The van der Waals surface area contributed by atoms with Crippen LogP contribution in [0.4, 0.5) is 0 Å². The summed E-state index contributed by atoms with van der Waals surface area (Å²) in [5.41, 5.74) is 5.84. The minimum Gasteiger partial charge on any atom is -0.481 e. The zero-order chi connectivity index (χ0) is 18.3. The number of rotatable bonds is 9. The van der Waals surface area contributed by atoms with Crippen LogP contribution in [0, 0.1) is 0 Å². The maximum Gasteiger partial charge on any atom is 0.305 e. The third-order valence-electron chi connectivity index (χ3n) is 3.49. The first kappa shape index (κ1) is 20.0. The number of aliphatic carboxylic acids is 1. The number of hydrogen-bond donors (Lipinski definition) is 7. The molecule has 0 spiro atoms. The lowest BCUT2D eigenvalue weighted by molar-refractivity contribution is -0.143. The molecule has 1 rings (SSSR count). The monoisotopic (exact) mass is 342 g/mol. The number of carboxylic acid groups (broad SMARTS) is 1. The Balaban J connectivity index is 2.82. The minimum atomic E-state index is -2.04. The lowest BCUT2D eigenvalue weighted by Gasteiger charge is -2.27. The van der Waals surface area contributed by atoms with Gasteiger partial charge in [0.2, 0.25) is 0 Å². The van der Waals surface area contributed by atoms with Crippen molar-refractivity contribution in [1.82, 2.24) is 5.32 Å². The van der Waals surface area contributed by atoms with Gasteiger partial charge in [0.15, 0.2) is 6.10 Å². The van der Waals surface area contributed by atoms with E-state index in [1.807, 2.05) is 0 Å². The van der Waals surface area contributed by atoms with Crippen molar-refractivity contribution in [2.24, 2.45) is 5.73 Å². The van der Waals surface area contributed by atoms with Crippen molar-refractivity contribution in [2.75, 3.05) is 6.61 Å². The van der Waals surface area contributed by atoms with Gasteiger partial charge in [-0.15, -0.1) is 0 Å². The maximum absolute atomic E-state index is 12.0. The highest BCUT2D eigenvalue weighted by atomic mass is 16.4. The molecule has 5 unspecified atom stereocenters. The Morgan fingerprint density at radius 1 is 1.08 bits per heavy atom. The van der Waals surface area contributed by atoms with Crippen molar-refractivity contribution in [3.8, 4) is 0 Å². The highest BCUT2D eigenvalue weighted by Gasteiger charge is 2.34. The number of aliphatic hydroxyl groups is 4. The number of nitrogens with one attached hydrogen (secondary N) is 1. The molecule has 0 aliphatic carbocycles. The van der Waals surface area contributed by atoms with E-state index in [0.717, 1.165) is 0 Å². The number of aliphatic hydroxyl groups excluding tert-OH is 4. The molecule has 0 heterocycles. The predicted molar refractivity (Wildman–Crippen MR) is 82.7 cm³/mol. The second-order valence-corrected chi connectivity index (χ2v) is 5.34. The van der Waals surface area contributed by atoms with Crippen molar-refractivity contribution in [3.05, 3.63) is 35.9 Å². The summed E-state index contributed by atoms with van der Waals surface area (Å²) in [6.45, 7) is -0.655. The third-order valence-corrected chi connectivity index (χ3v) is 3.49. The number of benzene rings is 1. The van der Waals surface area contributed by atoms with Crippen LogP contribution in [-0.4, -0.2) is 68.4 Å². The second kappa shape index (κ2) is 9.30. The fraction of sp³-hybridized carbons (Fsp3) is 0.467. The molecule has 134 valence electrons. The maximum atomic E-state index is 12.0. The number of carbonyl (C=O) groups excluding carboxylic acids is 1. The molecule has 0 fully saturated rings. The fourth-order valence-corrected chi connectivity index (χ4v) is 2.07. The first-order valence-electron chi connectivity index (χ1n) is 7.25. The molecule has 9 heteroatoms. The van der Waals surface area contributed by atoms with E-state index in [0.29, 0.717) is 5.56 Å². The van der Waals surface area contributed by atoms with E-state index in [1.54, 1.807) is 30.3 Å². The van der Waals surface area contributed by atoms with Crippen LogP contribution in [0.2, 0.25) is 0 Å². The first-order valence-corrected chi connectivity index (χ1v) is 7.25. The highest BCUT2D eigenvalue weighted by Crippen LogP contribution is 2.17. The predicted octanol–water partition coefficient (Wildman–Crippen LogP) is -2.28. The Kier molecular flexibility index (Phi) is 7.75. The first-order chi connectivity index (χ1) is 11.3. The van der Waals surface area contributed by atoms with Gasteiger partial charge < -0.3 is 36.6 Å². The largest absolute Gasteiger partial charge is 0.481 e. The lowest BCUT2D eigenvalue weighted by atomic mass is 9.99. The number of carbonyl (C=O) groups is 2. The molecule has 0 saturated carbocycles. The standard InChI is InChI=1S/C15H22N2O7/c16-9(7-18)12(21)13(22)14(23)15(24)17-10(6-11(19)20)8-4-2-1-3-5-8/h1-5,9-10,12-14,18,21-23H,6-7,16H2,(H,17,24)(H,19,20). The van der Waals surface area contributed by atoms with E-state index in [4.69, 9.17) is 15.9 Å². The summed E-state index contributed by atoms with van der Waals surface area (Å²) in [6.07, 6.45) is -6.14. The van der Waals surface area contributed by atoms with E-state index in [2.05, 4.69) is 5.32 Å². The Morgan fingerprint density at radius 2 is 1.67 bits per heavy atom. The Labute approximate surface area is 138 Å². The second-order valence-electron chi connectivity index (χ2n) is 5.34. The minimum absolute atomic E-state index is 0.433. The van der Waals surface area contributed by atoms with Gasteiger partial charge in [-0.3, -0.25) is 9.59 Å². The average Bonchev–Trinajstić information content (AvgIpc) is 2.58. The molecule has 8 N–H and O–H groups in total. The van der Waals surface area contributed by atoms with Crippen LogP contribution in [0.1, 0.15) is 18.0 Å². The van der Waals surface area contributed by atoms with E-state index in [1.165, 1.54) is 0 Å². The lowest BCUT2D eigenvalue weighted by Crippen LogP contribution is -2.54. The highest BCUT2D eigenvalue weighted by molar-refractivity contribution is 5.82. The molecule has 5 atom stereocenters. The zero-order valence-electron chi connectivity index (χ0n) is 12.8. The Morgan fingerprint density at radius 3 is 2.17 bits per heavy atom. The van der Waals surface area contributed by atoms with Crippen LogP contribution in [0.5, 0.6) is 0 Å². The van der Waals surface area contributed by atoms with Crippen LogP contribution in [-0.2, 0) is 9.59 Å². The van der Waals surface area contributed by atoms with Crippen LogP contribution >= 0.6 is 0 Å². The summed E-state index contributed by atoms with van der Waals surface area (Å²) in [7, 11) is 0. The SMILES string of the molecule is NC(CO)C(O)C(O)C(O)C(=O)NC(CC(=O)O)c1ccccc1. The molecule has 0 saturated heterocycles. The van der Waals surface area contributed by atoms with E-state index in [-0.39, 0.29) is 0 Å². The van der Waals surface area contributed by atoms with E-state index < -0.39 is 55.3 Å². The molecule has 9 nitrogen and oxygen atoms in total. The number of amides is 1. The average molecular weight is 342 g/mol. The zero-order valence-corrected chi connectivity index (χ0v) is 12.8. The third kappa shape index (κ3) is 5.55. The number of carboxylic acids is 1. The van der Waals surface area contributed by atoms with Gasteiger partial charge in [0, 0.05) is 0 Å². The number of hydrogen-bond acceptors (Lipinski definition) is 7. The van der Waals surface area contributed by atoms with Gasteiger partial charge in [0.05, 0.1) is 25.1 Å². The normalized spacial score (nSPS) is 17.4. The molecule has 24 heavy (non-hydrogen) atoms. The summed E-state index contributed by atoms with van der Waals surface area (Å²) in [4.78, 5) is 23.0. The van der Waals surface area contributed by atoms with Crippen molar-refractivity contribution in [1.29, 1.82) is 0 Å². The molecule has 1 amide bonds. The summed E-state index contributed by atoms with van der Waals surface area (Å²) < 4.78 is 0. The molecule has 0 radical (unpaired) electrons. The molecule has 0 bridgehead atoms. The molecule has 1 aromatic rings. The van der Waals surface area contributed by atoms with Gasteiger partial charge in [-0.2, -0.15) is 0 Å². The van der Waals surface area contributed by atoms with E-state index >= 15 is 0 Å². The van der Waals surface area contributed by atoms with Gasteiger partial charge >= 0.3 is 5.97 Å². The van der Waals surface area contributed by atoms with Gasteiger partial charge in [-0.25, -0.2) is 0 Å². The van der Waals surface area contributed by atoms with Gasteiger partial charge in [0.25, 0.3) is 5.91 Å². The van der Waals surface area contributed by atoms with Gasteiger partial charge in [-0.05, 0) is 5.56 Å². The van der Waals surface area contributed by atoms with Crippen molar-refractivity contribution >= 4 is 11.9 Å². The molecule has 1 aromatic carbocycles. The molecule has 0 aromatic heterocycles. The summed E-state index contributed by atoms with van der Waals surface area (Å²) in [6, 6.07) is 6.07. The summed E-state index contributed by atoms with van der Waals surface area (Å²) in [5, 5.41) is 49.3. The quantitative estimate of drug-likeness (QED) is 0.263. The molecular formula is C15H22N2O7. The van der Waals surface area contributed by atoms with Crippen molar-refractivity contribution in [2.45, 2.75) is 36.8 Å². The van der Waals surface area contributed by atoms with Crippen LogP contribution < -0.4 is 11.1 Å².